The topological polar surface area (TPSA) is 82.4 Å². The average Bonchev–Trinajstić information content (AvgIpc) is 3.34. The predicted molar refractivity (Wildman–Crippen MR) is 130 cm³/mol. The summed E-state index contributed by atoms with van der Waals surface area (Å²) in [7, 11) is 0. The van der Waals surface area contributed by atoms with Gasteiger partial charge in [0, 0.05) is 24.7 Å². The van der Waals surface area contributed by atoms with Crippen molar-refractivity contribution in [2.75, 3.05) is 5.32 Å². The zero-order valence-corrected chi connectivity index (χ0v) is 19.2. The summed E-state index contributed by atoms with van der Waals surface area (Å²) in [6, 6.07) is 21.2. The predicted octanol–water partition coefficient (Wildman–Crippen LogP) is 5.87. The molecule has 0 aliphatic heterocycles. The third kappa shape index (κ3) is 5.50. The van der Waals surface area contributed by atoms with E-state index in [4.69, 9.17) is 9.47 Å². The van der Waals surface area contributed by atoms with E-state index in [1.807, 2.05) is 42.5 Å². The number of pyridine rings is 1. The first-order chi connectivity index (χ1) is 16.3. The van der Waals surface area contributed by atoms with E-state index in [1.165, 1.54) is 0 Å². The summed E-state index contributed by atoms with van der Waals surface area (Å²) in [6.07, 6.45) is 5.23. The molecule has 0 atom stereocenters. The second-order valence-corrected chi connectivity index (χ2v) is 8.54. The van der Waals surface area contributed by atoms with Crippen LogP contribution in [0.4, 0.5) is 5.69 Å². The molecule has 0 aliphatic rings. The molecule has 4 rings (SSSR count). The van der Waals surface area contributed by atoms with E-state index < -0.39 is 17.5 Å². The highest BCUT2D eigenvalue weighted by Crippen LogP contribution is 2.29. The first-order valence-electron chi connectivity index (χ1n) is 10.8. The van der Waals surface area contributed by atoms with Crippen LogP contribution in [0, 0.1) is 0 Å². The molecule has 1 amide bonds. The van der Waals surface area contributed by atoms with E-state index in [2.05, 4.69) is 10.3 Å². The van der Waals surface area contributed by atoms with Crippen LogP contribution in [0.5, 0.6) is 11.5 Å². The molecule has 0 unspecified atom stereocenters. The number of aromatic nitrogens is 2. The molecule has 0 saturated carbocycles. The number of hydrogen-bond donors (Lipinski definition) is 1. The lowest BCUT2D eigenvalue weighted by molar-refractivity contribution is 0.00707. The number of nitrogens with zero attached hydrogens (tertiary/aromatic N) is 2. The smallest absolute Gasteiger partial charge is 0.340 e. The maximum absolute atomic E-state index is 13.3. The molecule has 0 saturated heterocycles. The Kier molecular flexibility index (Phi) is 6.45. The number of carbonyl (C=O) groups is 2. The van der Waals surface area contributed by atoms with Gasteiger partial charge in [-0.25, -0.2) is 9.78 Å². The van der Waals surface area contributed by atoms with E-state index in [0.717, 1.165) is 0 Å². The summed E-state index contributed by atoms with van der Waals surface area (Å²) in [4.78, 5) is 30.5. The highest BCUT2D eigenvalue weighted by molar-refractivity contribution is 6.09. The van der Waals surface area contributed by atoms with Gasteiger partial charge in [-0.2, -0.15) is 0 Å². The fraction of sp³-hybridized carbons (Fsp3) is 0.148. The number of para-hydroxylation sites is 1. The first kappa shape index (κ1) is 22.8. The summed E-state index contributed by atoms with van der Waals surface area (Å²) < 4.78 is 13.2. The minimum atomic E-state index is -0.692. The van der Waals surface area contributed by atoms with Crippen LogP contribution in [0.1, 0.15) is 41.5 Å². The Morgan fingerprint density at radius 2 is 1.59 bits per heavy atom. The minimum Gasteiger partial charge on any atom is -0.457 e. The van der Waals surface area contributed by atoms with Gasteiger partial charge in [-0.1, -0.05) is 18.2 Å². The molecule has 0 fully saturated rings. The van der Waals surface area contributed by atoms with Crippen molar-refractivity contribution in [2.45, 2.75) is 26.4 Å². The van der Waals surface area contributed by atoms with Crippen LogP contribution in [0.15, 0.2) is 91.4 Å². The molecule has 2 aromatic carbocycles. The molecule has 2 heterocycles. The van der Waals surface area contributed by atoms with Crippen molar-refractivity contribution in [1.82, 2.24) is 9.55 Å². The Morgan fingerprint density at radius 1 is 0.853 bits per heavy atom. The molecule has 0 aliphatic carbocycles. The van der Waals surface area contributed by atoms with Crippen molar-refractivity contribution in [1.29, 1.82) is 0 Å². The lowest BCUT2D eigenvalue weighted by atomic mass is 10.1. The van der Waals surface area contributed by atoms with Crippen molar-refractivity contribution >= 4 is 17.6 Å². The largest absolute Gasteiger partial charge is 0.457 e. The van der Waals surface area contributed by atoms with Crippen molar-refractivity contribution in [2.24, 2.45) is 0 Å². The molecule has 4 aromatic rings. The zero-order chi connectivity index (χ0) is 24.1. The van der Waals surface area contributed by atoms with Gasteiger partial charge >= 0.3 is 5.97 Å². The molecule has 0 spiro atoms. The van der Waals surface area contributed by atoms with Crippen LogP contribution in [0.25, 0.3) is 5.82 Å². The number of anilines is 1. The van der Waals surface area contributed by atoms with Gasteiger partial charge in [0.25, 0.3) is 5.91 Å². The molecule has 0 bridgehead atoms. The van der Waals surface area contributed by atoms with E-state index in [0.29, 0.717) is 22.9 Å². The molecule has 0 radical (unpaired) electrons. The molecule has 7 nitrogen and oxygen atoms in total. The Bertz CT molecular complexity index is 1290. The molecule has 172 valence electrons. The molecule has 1 N–H and O–H groups in total. The van der Waals surface area contributed by atoms with Crippen LogP contribution in [0.3, 0.4) is 0 Å². The van der Waals surface area contributed by atoms with Gasteiger partial charge in [-0.05, 0) is 69.3 Å². The molecule has 7 heteroatoms. The van der Waals surface area contributed by atoms with Gasteiger partial charge < -0.3 is 19.4 Å². The number of amides is 1. The highest BCUT2D eigenvalue weighted by atomic mass is 16.6. The summed E-state index contributed by atoms with van der Waals surface area (Å²) in [5.41, 5.74) is 0.149. The third-order valence-electron chi connectivity index (χ3n) is 4.72. The molecule has 2 aromatic heterocycles. The fourth-order valence-corrected chi connectivity index (χ4v) is 3.27. The highest BCUT2D eigenvalue weighted by Gasteiger charge is 2.23. The lowest BCUT2D eigenvalue weighted by Crippen LogP contribution is -2.25. The van der Waals surface area contributed by atoms with Gasteiger partial charge in [0.05, 0.1) is 16.8 Å². The van der Waals surface area contributed by atoms with Gasteiger partial charge in [-0.15, -0.1) is 0 Å². The lowest BCUT2D eigenvalue weighted by Gasteiger charge is -2.21. The SMILES string of the molecule is CC(C)(C)OC(=O)c1ccc(Oc2ccccc2)cc1NC(=O)c1cccnc1-n1cccc1. The summed E-state index contributed by atoms with van der Waals surface area (Å²) in [5, 5.41) is 2.85. The minimum absolute atomic E-state index is 0.218. The third-order valence-corrected chi connectivity index (χ3v) is 4.72. The monoisotopic (exact) mass is 455 g/mol. The number of rotatable bonds is 6. The standard InChI is InChI=1S/C27H25N3O4/c1-27(2,3)34-26(32)21-14-13-20(33-19-10-5-4-6-11-19)18-23(21)29-25(31)22-12-9-15-28-24(22)30-16-7-8-17-30/h4-18H,1-3H3,(H,29,31). The van der Waals surface area contributed by atoms with E-state index in [-0.39, 0.29) is 11.3 Å². The Labute approximate surface area is 198 Å². The summed E-state index contributed by atoms with van der Waals surface area (Å²) >= 11 is 0. The summed E-state index contributed by atoms with van der Waals surface area (Å²) in [6.45, 7) is 5.36. The number of nitrogens with one attached hydrogen (secondary N) is 1. The van der Waals surface area contributed by atoms with Gasteiger partial charge in [0.2, 0.25) is 0 Å². The van der Waals surface area contributed by atoms with Crippen LogP contribution in [-0.4, -0.2) is 27.0 Å². The second kappa shape index (κ2) is 9.62. The number of ether oxygens (including phenoxy) is 2. The van der Waals surface area contributed by atoms with Crippen molar-refractivity contribution in [3.63, 3.8) is 0 Å². The number of esters is 1. The van der Waals surface area contributed by atoms with Crippen LogP contribution < -0.4 is 10.1 Å². The van der Waals surface area contributed by atoms with Gasteiger partial charge in [-0.3, -0.25) is 4.79 Å². The summed E-state index contributed by atoms with van der Waals surface area (Å²) in [5.74, 6) is 0.599. The molecular weight excluding hydrogens is 430 g/mol. The van der Waals surface area contributed by atoms with Gasteiger partial charge in [0.15, 0.2) is 0 Å². The maximum atomic E-state index is 13.3. The normalized spacial score (nSPS) is 11.0. The maximum Gasteiger partial charge on any atom is 0.340 e. The van der Waals surface area contributed by atoms with Crippen molar-refractivity contribution in [3.8, 4) is 17.3 Å². The zero-order valence-electron chi connectivity index (χ0n) is 19.2. The average molecular weight is 456 g/mol. The Morgan fingerprint density at radius 3 is 2.29 bits per heavy atom. The van der Waals surface area contributed by atoms with E-state index in [1.54, 1.807) is 74.3 Å². The second-order valence-electron chi connectivity index (χ2n) is 8.54. The van der Waals surface area contributed by atoms with Crippen LogP contribution >= 0.6 is 0 Å². The number of hydrogen-bond acceptors (Lipinski definition) is 5. The number of benzene rings is 2. The molecule has 34 heavy (non-hydrogen) atoms. The number of carbonyl (C=O) groups excluding carboxylic acids is 2. The Balaban J connectivity index is 1.69. The first-order valence-corrected chi connectivity index (χ1v) is 10.8. The van der Waals surface area contributed by atoms with E-state index in [9.17, 15) is 9.59 Å². The van der Waals surface area contributed by atoms with Crippen molar-refractivity contribution in [3.05, 3.63) is 103 Å². The van der Waals surface area contributed by atoms with E-state index >= 15 is 0 Å². The van der Waals surface area contributed by atoms with Crippen LogP contribution in [0.2, 0.25) is 0 Å². The molecular formula is C27H25N3O4. The quantitative estimate of drug-likeness (QED) is 0.368. The Hall–Kier alpha value is -4.39. The fourth-order valence-electron chi connectivity index (χ4n) is 3.27. The van der Waals surface area contributed by atoms with Gasteiger partial charge in [0.1, 0.15) is 22.9 Å². The van der Waals surface area contributed by atoms with Crippen molar-refractivity contribution < 1.29 is 19.1 Å². The van der Waals surface area contributed by atoms with Crippen LogP contribution in [-0.2, 0) is 4.74 Å².